The lowest BCUT2D eigenvalue weighted by atomic mass is 9.90. The van der Waals surface area contributed by atoms with Gasteiger partial charge in [-0.05, 0) is 236 Å². The van der Waals surface area contributed by atoms with Gasteiger partial charge in [0.2, 0.25) is 35.9 Å². The summed E-state index contributed by atoms with van der Waals surface area (Å²) in [6, 6.07) is 48.4. The van der Waals surface area contributed by atoms with Crippen molar-refractivity contribution in [2.24, 2.45) is 23.5 Å². The molecule has 3 unspecified atom stereocenters. The molecule has 3 aliphatic rings. The van der Waals surface area contributed by atoms with Gasteiger partial charge in [-0.3, -0.25) is 28.1 Å². The number of carbonyl (C=O) groups excluding carboxylic acids is 5. The first kappa shape index (κ1) is 108. The van der Waals surface area contributed by atoms with Crippen LogP contribution in [0.5, 0.6) is 0 Å². The molecule has 3 fully saturated rings. The number of ether oxygens (including phenoxy) is 2. The van der Waals surface area contributed by atoms with Gasteiger partial charge in [0.1, 0.15) is 83.2 Å². The van der Waals surface area contributed by atoms with Crippen LogP contribution < -0.4 is 53.6 Å². The number of alkyl halides is 3. The van der Waals surface area contributed by atoms with Gasteiger partial charge in [0, 0.05) is 151 Å². The van der Waals surface area contributed by atoms with Gasteiger partial charge in [0.15, 0.2) is 0 Å². The standard InChI is InChI=1S/C34H40Cl2N8O3.C29H32Cl2N8O.C27H34ClN7O4.C7H8ClN.C2HF3O/c1-34(2,3)47-33(46)43-14-11-23(12-15-43)18-28(31(45)38-20-24-7-9-26(35)10-8-24)40-29-19-30(44-16-13-37-22-44)42-32(41-29)39-21-25-5-4-6-27(36)17-25;30-23-6-4-21(5-7-23)17-34-28(40)25(15-20-8-10-32-11-9-20)36-26-16-27(39-13-12-33-19-39)38-29(37-26)35-18-22-2-1-3-24(31)14-22;1-27(2,3)39-26(38)34-10-7-18(8-11-34)14-21(24(36)37)31-22-15-23(35-12-9-29-17-35)33-25(32-22)30-16-19-5-4-6-20(28)13-19;8-7-3-1-6(5-9)2-4-7;3-2(4,5)1-6/h4-10,13,16-17,19,22-23,28H,11-12,14-15,18,20-21H2,1-3H3,(H,38,45)(H2,39,40,41,42);1-7,12-14,16,19-20,25,32H,8-11,15,17-18H2,(H,34,40)(H2,35,36,37,38);4-6,9,12-13,15,17-18,21H,7-8,10-11,14,16H2,1-3H3,(H,36,37)(H2,30,31,32,33);1-4H,5,9H2;1H. The lowest BCUT2D eigenvalue weighted by molar-refractivity contribution is -0.156. The van der Waals surface area contributed by atoms with Gasteiger partial charge < -0.3 is 78.0 Å². The number of hydrogen-bond acceptors (Lipinski definition) is 25. The maximum atomic E-state index is 13.8. The number of likely N-dealkylation sites (tertiary alicyclic amines) is 2. The molecule has 0 spiro atoms. The first-order chi connectivity index (χ1) is 67.5. The van der Waals surface area contributed by atoms with E-state index in [0.717, 1.165) is 77.2 Å². The number of carboxylic acids is 1. The van der Waals surface area contributed by atoms with Crippen LogP contribution in [0, 0.1) is 17.8 Å². The number of nitrogens with two attached hydrogens (primary N) is 1. The average molecular weight is 2050 g/mol. The highest BCUT2D eigenvalue weighted by molar-refractivity contribution is 6.32. The molecule has 42 heteroatoms. The molecule has 748 valence electrons. The van der Waals surface area contributed by atoms with E-state index in [1.165, 1.54) is 0 Å². The van der Waals surface area contributed by atoms with Gasteiger partial charge in [-0.1, -0.05) is 142 Å². The van der Waals surface area contributed by atoms with Crippen LogP contribution in [-0.2, 0) is 67.9 Å². The third-order valence-electron chi connectivity index (χ3n) is 22.1. The highest BCUT2D eigenvalue weighted by Crippen LogP contribution is 2.31. The third kappa shape index (κ3) is 38.2. The van der Waals surface area contributed by atoms with Crippen LogP contribution in [0.1, 0.15) is 133 Å². The van der Waals surface area contributed by atoms with Crippen LogP contribution in [0.4, 0.5) is 58.1 Å². The quantitative estimate of drug-likeness (QED) is 0.0174. The largest absolute Gasteiger partial charge is 0.480 e. The number of carbonyl (C=O) groups is 6. The van der Waals surface area contributed by atoms with Crippen molar-refractivity contribution >= 4 is 141 Å². The number of aliphatic carboxylic acids is 1. The molecule has 3 saturated heterocycles. The molecule has 4 amide bonds. The number of amides is 4. The maximum absolute atomic E-state index is 13.8. The van der Waals surface area contributed by atoms with Gasteiger partial charge >= 0.3 is 24.3 Å². The molecule has 6 aromatic heterocycles. The number of aldehydes is 1. The van der Waals surface area contributed by atoms with E-state index in [1.54, 1.807) is 104 Å². The molecule has 3 aliphatic heterocycles. The summed E-state index contributed by atoms with van der Waals surface area (Å²) in [5, 5.41) is 43.2. The Hall–Kier alpha value is -12.9. The fourth-order valence-corrected chi connectivity index (χ4v) is 16.0. The molecular weight excluding hydrogens is 1940 g/mol. The highest BCUT2D eigenvalue weighted by atomic mass is 35.5. The number of nitrogens with zero attached hydrogens (tertiary/aromatic N) is 14. The van der Waals surface area contributed by atoms with Crippen LogP contribution in [0.25, 0.3) is 17.5 Å². The topological polar surface area (TPSA) is 413 Å². The summed E-state index contributed by atoms with van der Waals surface area (Å²) >= 11 is 36.1. The van der Waals surface area contributed by atoms with Crippen molar-refractivity contribution in [2.45, 2.75) is 174 Å². The van der Waals surface area contributed by atoms with Crippen LogP contribution in [-0.4, -0.2) is 184 Å². The summed E-state index contributed by atoms with van der Waals surface area (Å²) in [6.45, 7) is 17.9. The van der Waals surface area contributed by atoms with E-state index in [1.807, 2.05) is 181 Å². The van der Waals surface area contributed by atoms with Crippen molar-refractivity contribution in [3.05, 3.63) is 283 Å². The molecule has 141 heavy (non-hydrogen) atoms. The summed E-state index contributed by atoms with van der Waals surface area (Å²) < 4.78 is 47.6. The first-order valence-corrected chi connectivity index (χ1v) is 48.0. The normalized spacial score (nSPS) is 14.1. The molecule has 12 aromatic rings. The SMILES string of the molecule is CC(C)(C)OC(=O)N1CCC(CC(Nc2cc(-n3ccnc3)nc(NCc3cccc(Cl)c3)n2)C(=O)NCc2ccc(Cl)cc2)CC1.CC(C)(C)OC(=O)N1CCC(CC(Nc2cc(-n3ccnc3)nc(NCc3cccc(Cl)c3)n2)C(=O)O)CC1.NCc1ccc(Cl)cc1.O=C(NCc1ccc(Cl)cc1)C(CC1CCNCC1)Nc1cc(-n2ccnc2)nc(NCc2cccc(Cl)c2)n1.O=CC(F)(F)F. The Labute approximate surface area is 846 Å². The predicted octanol–water partition coefficient (Wildman–Crippen LogP) is 19.2. The number of hydrogen-bond donors (Lipinski definition) is 11. The van der Waals surface area contributed by atoms with Gasteiger partial charge in [-0.25, -0.2) is 29.3 Å². The average Bonchev–Trinajstić information content (AvgIpc) is 1.82. The summed E-state index contributed by atoms with van der Waals surface area (Å²) in [5.41, 5.74) is 10.2. The Morgan fingerprint density at radius 1 is 0.433 bits per heavy atom. The first-order valence-electron chi connectivity index (χ1n) is 45.7. The zero-order chi connectivity index (χ0) is 101. The van der Waals surface area contributed by atoms with E-state index in [4.69, 9.17) is 99.6 Å². The minimum Gasteiger partial charge on any atom is -0.480 e. The minimum absolute atomic E-state index is 0.0790. The molecule has 9 heterocycles. The molecule has 3 atom stereocenters. The van der Waals surface area contributed by atoms with Crippen LogP contribution in [0.15, 0.2) is 220 Å². The van der Waals surface area contributed by atoms with Crippen LogP contribution >= 0.6 is 69.6 Å². The molecule has 12 N–H and O–H groups in total. The van der Waals surface area contributed by atoms with Crippen molar-refractivity contribution in [3.63, 3.8) is 0 Å². The second-order valence-corrected chi connectivity index (χ2v) is 38.1. The number of aromatic nitrogens is 12. The third-order valence-corrected chi connectivity index (χ3v) is 23.6. The number of rotatable bonds is 32. The number of benzene rings is 6. The molecule has 0 radical (unpaired) electrons. The zero-order valence-corrected chi connectivity index (χ0v) is 83.2. The molecule has 0 saturated carbocycles. The summed E-state index contributed by atoms with van der Waals surface area (Å²) in [5.74, 6) is 3.84. The van der Waals surface area contributed by atoms with E-state index in [2.05, 4.69) is 82.7 Å². The van der Waals surface area contributed by atoms with Crippen molar-refractivity contribution < 1.29 is 56.5 Å². The Balaban J connectivity index is 0.000000188. The van der Waals surface area contributed by atoms with Crippen LogP contribution in [0.2, 0.25) is 30.1 Å². The number of piperidine rings is 3. The zero-order valence-electron chi connectivity index (χ0n) is 78.6. The molecule has 15 rings (SSSR count). The van der Waals surface area contributed by atoms with Crippen molar-refractivity contribution in [1.82, 2.24) is 84.3 Å². The second kappa shape index (κ2) is 53.6. The van der Waals surface area contributed by atoms with Crippen molar-refractivity contribution in [2.75, 3.05) is 71.2 Å². The second-order valence-electron chi connectivity index (χ2n) is 35.5. The summed E-state index contributed by atoms with van der Waals surface area (Å²) in [7, 11) is 0. The Morgan fingerprint density at radius 3 is 1.04 bits per heavy atom. The van der Waals surface area contributed by atoms with E-state index < -0.39 is 47.8 Å². The number of carboxylic acid groups (broad SMARTS) is 1. The van der Waals surface area contributed by atoms with Gasteiger partial charge in [0.25, 0.3) is 0 Å². The van der Waals surface area contributed by atoms with Gasteiger partial charge in [0.05, 0.1) is 0 Å². The van der Waals surface area contributed by atoms with Crippen molar-refractivity contribution in [3.8, 4) is 17.5 Å². The number of nitrogens with one attached hydrogen (secondary N) is 9. The van der Waals surface area contributed by atoms with Crippen LogP contribution in [0.3, 0.4) is 0 Å². The lowest BCUT2D eigenvalue weighted by Crippen LogP contribution is -2.44. The van der Waals surface area contributed by atoms with Gasteiger partial charge in [-0.15, -0.1) is 0 Å². The number of imidazole rings is 3. The summed E-state index contributed by atoms with van der Waals surface area (Å²) in [6.07, 6.45) is 15.5. The van der Waals surface area contributed by atoms with E-state index >= 15 is 0 Å². The highest BCUT2D eigenvalue weighted by Gasteiger charge is 2.34. The fourth-order valence-electron chi connectivity index (χ4n) is 15.0. The molecular formula is C99H115Cl6F3N24O9. The molecule has 33 nitrogen and oxygen atoms in total. The maximum Gasteiger partial charge on any atom is 0.446 e. The van der Waals surface area contributed by atoms with Gasteiger partial charge in [-0.2, -0.15) is 43.1 Å². The minimum atomic E-state index is -4.64. The predicted molar refractivity (Wildman–Crippen MR) is 542 cm³/mol. The Kier molecular flexibility index (Phi) is 41.2. The molecule has 0 aliphatic carbocycles. The van der Waals surface area contributed by atoms with Crippen molar-refractivity contribution in [1.29, 1.82) is 0 Å². The Bertz CT molecular complexity index is 5960. The fraction of sp³-hybridized carbons (Fsp3) is 0.364. The van der Waals surface area contributed by atoms with E-state index in [-0.39, 0.29) is 35.8 Å². The molecule has 0 bridgehead atoms. The smallest absolute Gasteiger partial charge is 0.446 e. The van der Waals surface area contributed by atoms with E-state index in [9.17, 15) is 42.3 Å². The summed E-state index contributed by atoms with van der Waals surface area (Å²) in [4.78, 5) is 117. The number of halogens is 9. The Morgan fingerprint density at radius 2 is 0.745 bits per heavy atom. The monoisotopic (exact) mass is 2050 g/mol. The lowest BCUT2D eigenvalue weighted by Gasteiger charge is -2.34. The molecule has 6 aromatic carbocycles. The number of anilines is 6. The van der Waals surface area contributed by atoms with E-state index in [0.29, 0.717) is 181 Å².